The van der Waals surface area contributed by atoms with E-state index in [2.05, 4.69) is 27.7 Å². The van der Waals surface area contributed by atoms with Crippen LogP contribution in [0.2, 0.25) is 0 Å². The number of anilines is 1. The van der Waals surface area contributed by atoms with E-state index in [-0.39, 0.29) is 12.5 Å². The molecular weight excluding hydrogens is 357 g/mol. The van der Waals surface area contributed by atoms with Gasteiger partial charge in [-0.3, -0.25) is 9.48 Å². The third kappa shape index (κ3) is 3.17. The zero-order chi connectivity index (χ0) is 14.2. The number of nitrogen functional groups attached to an aromatic ring is 1. The molecule has 0 bridgehead atoms. The molecule has 0 aliphatic rings. The fraction of sp³-hybridized carbons (Fsp3) is 0.385. The highest BCUT2D eigenvalue weighted by molar-refractivity contribution is 14.1. The van der Waals surface area contributed by atoms with Gasteiger partial charge in [0.05, 0.1) is 10.9 Å². The van der Waals surface area contributed by atoms with Gasteiger partial charge in [0.1, 0.15) is 15.8 Å². The van der Waals surface area contributed by atoms with E-state index in [9.17, 15) is 4.79 Å². The van der Waals surface area contributed by atoms with Crippen molar-refractivity contribution in [1.82, 2.24) is 9.78 Å². The van der Waals surface area contributed by atoms with E-state index in [1.54, 1.807) is 4.68 Å². The zero-order valence-electron chi connectivity index (χ0n) is 11.1. The highest BCUT2D eigenvalue weighted by Crippen LogP contribution is 2.26. The number of rotatable bonds is 2. The lowest BCUT2D eigenvalue weighted by Gasteiger charge is -2.19. The van der Waals surface area contributed by atoms with Crippen molar-refractivity contribution < 1.29 is 9.53 Å². The number of hydrogen-bond donors (Lipinski definition) is 1. The maximum absolute atomic E-state index is 11.8. The summed E-state index contributed by atoms with van der Waals surface area (Å²) < 4.78 is 7.71. The molecule has 0 spiro atoms. The van der Waals surface area contributed by atoms with Crippen molar-refractivity contribution in [3.63, 3.8) is 0 Å². The Balaban J connectivity index is 2.32. The summed E-state index contributed by atoms with van der Waals surface area (Å²) >= 11 is 2.12. The molecule has 0 atom stereocenters. The van der Waals surface area contributed by atoms with Crippen molar-refractivity contribution in [3.05, 3.63) is 21.9 Å². The summed E-state index contributed by atoms with van der Waals surface area (Å²) in [6, 6.07) is 5.57. The van der Waals surface area contributed by atoms with Crippen LogP contribution in [0.5, 0.6) is 0 Å². The Labute approximate surface area is 125 Å². The molecule has 2 aromatic rings. The van der Waals surface area contributed by atoms with Crippen molar-refractivity contribution in [1.29, 1.82) is 0 Å². The Morgan fingerprint density at radius 1 is 1.47 bits per heavy atom. The number of halogens is 1. The lowest BCUT2D eigenvalue weighted by molar-refractivity contribution is -0.155. The Hall–Kier alpha value is -1.31. The number of carbonyl (C=O) groups is 1. The Morgan fingerprint density at radius 2 is 2.16 bits per heavy atom. The van der Waals surface area contributed by atoms with Crippen molar-refractivity contribution in [3.8, 4) is 0 Å². The van der Waals surface area contributed by atoms with Crippen molar-refractivity contribution >= 4 is 45.2 Å². The molecule has 0 amide bonds. The van der Waals surface area contributed by atoms with E-state index in [0.717, 1.165) is 14.6 Å². The van der Waals surface area contributed by atoms with E-state index < -0.39 is 5.60 Å². The second-order valence-electron chi connectivity index (χ2n) is 5.28. The number of fused-ring (bicyclic) bond motifs is 1. The maximum Gasteiger partial charge on any atom is 0.328 e. The topological polar surface area (TPSA) is 70.1 Å². The minimum Gasteiger partial charge on any atom is -0.459 e. The molecule has 1 aromatic heterocycles. The smallest absolute Gasteiger partial charge is 0.328 e. The number of esters is 1. The van der Waals surface area contributed by atoms with Crippen molar-refractivity contribution in [2.45, 2.75) is 32.9 Å². The molecule has 5 nitrogen and oxygen atoms in total. The number of nitrogens with two attached hydrogens (primary N) is 1. The van der Waals surface area contributed by atoms with Gasteiger partial charge in [-0.1, -0.05) is 6.07 Å². The molecule has 0 saturated heterocycles. The molecule has 2 N–H and O–H groups in total. The van der Waals surface area contributed by atoms with Gasteiger partial charge >= 0.3 is 5.97 Å². The number of hydrogen-bond acceptors (Lipinski definition) is 4. The van der Waals surface area contributed by atoms with Gasteiger partial charge in [-0.2, -0.15) is 5.10 Å². The lowest BCUT2D eigenvalue weighted by Crippen LogP contribution is -2.26. The molecule has 0 aliphatic heterocycles. The summed E-state index contributed by atoms with van der Waals surface area (Å²) in [6.07, 6.45) is 0. The van der Waals surface area contributed by atoms with Gasteiger partial charge in [-0.05, 0) is 55.5 Å². The first-order chi connectivity index (χ1) is 8.78. The number of ether oxygens (including phenoxy) is 1. The second kappa shape index (κ2) is 4.99. The van der Waals surface area contributed by atoms with Crippen molar-refractivity contribution in [2.75, 3.05) is 5.73 Å². The van der Waals surface area contributed by atoms with E-state index >= 15 is 0 Å². The quantitative estimate of drug-likeness (QED) is 0.499. The minimum atomic E-state index is -0.494. The van der Waals surface area contributed by atoms with E-state index in [0.29, 0.717) is 5.69 Å². The first kappa shape index (κ1) is 14.1. The Bertz CT molecular complexity index is 629. The van der Waals surface area contributed by atoms with Gasteiger partial charge < -0.3 is 10.5 Å². The first-order valence-corrected chi connectivity index (χ1v) is 6.98. The van der Waals surface area contributed by atoms with Crippen LogP contribution in [0, 0.1) is 3.70 Å². The summed E-state index contributed by atoms with van der Waals surface area (Å²) in [6.45, 7) is 5.61. The molecular formula is C13H16IN3O2. The largest absolute Gasteiger partial charge is 0.459 e. The molecule has 1 heterocycles. The summed E-state index contributed by atoms with van der Waals surface area (Å²) in [7, 11) is 0. The summed E-state index contributed by atoms with van der Waals surface area (Å²) in [4.78, 5) is 11.8. The molecule has 0 saturated carbocycles. The average molecular weight is 373 g/mol. The van der Waals surface area contributed by atoms with Crippen LogP contribution in [0.25, 0.3) is 10.9 Å². The monoisotopic (exact) mass is 373 g/mol. The molecule has 2 rings (SSSR count). The summed E-state index contributed by atoms with van der Waals surface area (Å²) in [5, 5.41) is 5.22. The molecule has 0 radical (unpaired) electrons. The van der Waals surface area contributed by atoms with Gasteiger partial charge in [0.25, 0.3) is 0 Å². The molecule has 19 heavy (non-hydrogen) atoms. The van der Waals surface area contributed by atoms with Gasteiger partial charge in [-0.25, -0.2) is 0 Å². The van der Waals surface area contributed by atoms with Gasteiger partial charge in [0.2, 0.25) is 0 Å². The van der Waals surface area contributed by atoms with Crippen LogP contribution in [0.3, 0.4) is 0 Å². The van der Waals surface area contributed by atoms with Crippen LogP contribution in [0.15, 0.2) is 18.2 Å². The predicted molar refractivity (Wildman–Crippen MR) is 82.7 cm³/mol. The number of nitrogens with zero attached hydrogens (tertiary/aromatic N) is 2. The van der Waals surface area contributed by atoms with Crippen LogP contribution in [-0.4, -0.2) is 21.4 Å². The average Bonchev–Trinajstić information content (AvgIpc) is 2.54. The molecule has 1 aromatic carbocycles. The summed E-state index contributed by atoms with van der Waals surface area (Å²) in [5.41, 5.74) is 6.94. The SMILES string of the molecule is CC(C)(C)OC(=O)Cn1nc(I)c2c(N)cccc21. The van der Waals surface area contributed by atoms with Crippen LogP contribution >= 0.6 is 22.6 Å². The molecule has 6 heteroatoms. The number of benzene rings is 1. The van der Waals surface area contributed by atoms with Crippen LogP contribution in [0.1, 0.15) is 20.8 Å². The molecule has 0 aliphatic carbocycles. The van der Waals surface area contributed by atoms with Crippen LogP contribution < -0.4 is 5.73 Å². The fourth-order valence-electron chi connectivity index (χ4n) is 1.82. The van der Waals surface area contributed by atoms with E-state index in [1.807, 2.05) is 39.0 Å². The van der Waals surface area contributed by atoms with Crippen molar-refractivity contribution in [2.24, 2.45) is 0 Å². The van der Waals surface area contributed by atoms with E-state index in [1.165, 1.54) is 0 Å². The number of carbonyl (C=O) groups excluding carboxylic acids is 1. The predicted octanol–water partition coefficient (Wildman–Crippen LogP) is 2.56. The fourth-order valence-corrected chi connectivity index (χ4v) is 2.67. The third-order valence-electron chi connectivity index (χ3n) is 2.47. The first-order valence-electron chi connectivity index (χ1n) is 5.90. The van der Waals surface area contributed by atoms with Crippen LogP contribution in [-0.2, 0) is 16.1 Å². The van der Waals surface area contributed by atoms with Gasteiger partial charge in [-0.15, -0.1) is 0 Å². The van der Waals surface area contributed by atoms with Gasteiger partial charge in [0.15, 0.2) is 0 Å². The van der Waals surface area contributed by atoms with E-state index in [4.69, 9.17) is 10.5 Å². The van der Waals surface area contributed by atoms with Gasteiger partial charge in [0, 0.05) is 5.69 Å². The maximum atomic E-state index is 11.8. The minimum absolute atomic E-state index is 0.0836. The third-order valence-corrected chi connectivity index (χ3v) is 3.22. The summed E-state index contributed by atoms with van der Waals surface area (Å²) in [5.74, 6) is -0.310. The standard InChI is InChI=1S/C13H16IN3O2/c1-13(2,3)19-10(18)7-17-9-6-4-5-8(15)11(9)12(14)16-17/h4-6H,7,15H2,1-3H3. The zero-order valence-corrected chi connectivity index (χ0v) is 13.3. The Morgan fingerprint density at radius 3 is 2.79 bits per heavy atom. The molecule has 0 unspecified atom stereocenters. The molecule has 102 valence electrons. The molecule has 0 fully saturated rings. The van der Waals surface area contributed by atoms with Crippen LogP contribution in [0.4, 0.5) is 5.69 Å². The second-order valence-corrected chi connectivity index (χ2v) is 6.30. The number of aromatic nitrogens is 2. The highest BCUT2D eigenvalue weighted by Gasteiger charge is 2.19. The Kier molecular flexibility index (Phi) is 3.71. The lowest BCUT2D eigenvalue weighted by atomic mass is 10.2. The normalized spacial score (nSPS) is 11.8. The highest BCUT2D eigenvalue weighted by atomic mass is 127.